The lowest BCUT2D eigenvalue weighted by molar-refractivity contribution is 0.0602. The van der Waals surface area contributed by atoms with Crippen molar-refractivity contribution in [3.8, 4) is 0 Å². The SMILES string of the molecule is C=C/C=C\C1=C(C)C=C(c2csc(N)c2C(=O)OC)CC1. The van der Waals surface area contributed by atoms with Crippen molar-refractivity contribution in [3.63, 3.8) is 0 Å². The number of thiophene rings is 1. The van der Waals surface area contributed by atoms with Gasteiger partial charge in [-0.15, -0.1) is 11.3 Å². The Hall–Kier alpha value is -2.07. The number of ether oxygens (including phenoxy) is 1. The fourth-order valence-electron chi connectivity index (χ4n) is 2.43. The Labute approximate surface area is 129 Å². The van der Waals surface area contributed by atoms with E-state index in [0.29, 0.717) is 10.6 Å². The van der Waals surface area contributed by atoms with Crippen LogP contribution in [0.25, 0.3) is 5.57 Å². The molecule has 1 aliphatic rings. The summed E-state index contributed by atoms with van der Waals surface area (Å²) in [6, 6.07) is 0. The predicted molar refractivity (Wildman–Crippen MR) is 89.3 cm³/mol. The van der Waals surface area contributed by atoms with E-state index in [0.717, 1.165) is 24.0 Å². The molecular weight excluding hydrogens is 282 g/mol. The zero-order chi connectivity index (χ0) is 15.4. The minimum atomic E-state index is -0.372. The monoisotopic (exact) mass is 301 g/mol. The number of hydrogen-bond acceptors (Lipinski definition) is 4. The van der Waals surface area contributed by atoms with Gasteiger partial charge >= 0.3 is 5.97 Å². The predicted octanol–water partition coefficient (Wildman–Crippen LogP) is 4.35. The normalized spacial score (nSPS) is 15.2. The second-order valence-corrected chi connectivity index (χ2v) is 5.76. The van der Waals surface area contributed by atoms with E-state index in [4.69, 9.17) is 10.5 Å². The van der Waals surface area contributed by atoms with Crippen LogP contribution < -0.4 is 5.73 Å². The van der Waals surface area contributed by atoms with E-state index >= 15 is 0 Å². The number of rotatable bonds is 4. The molecule has 0 saturated carbocycles. The molecule has 0 bridgehead atoms. The van der Waals surface area contributed by atoms with Crippen molar-refractivity contribution >= 4 is 27.9 Å². The third-order valence-corrected chi connectivity index (χ3v) is 4.36. The van der Waals surface area contributed by atoms with Gasteiger partial charge in [0.1, 0.15) is 10.6 Å². The number of nitrogen functional groups attached to an aromatic ring is 1. The first-order valence-corrected chi connectivity index (χ1v) is 7.61. The first kappa shape index (κ1) is 15.3. The fraction of sp³-hybridized carbons (Fsp3) is 0.235. The van der Waals surface area contributed by atoms with Crippen molar-refractivity contribution in [2.45, 2.75) is 19.8 Å². The summed E-state index contributed by atoms with van der Waals surface area (Å²) in [7, 11) is 1.38. The lowest BCUT2D eigenvalue weighted by atomic mass is 9.88. The number of hydrogen-bond donors (Lipinski definition) is 1. The molecule has 1 aliphatic carbocycles. The van der Waals surface area contributed by atoms with Crippen molar-refractivity contribution in [1.82, 2.24) is 0 Å². The molecule has 1 heterocycles. The molecule has 0 fully saturated rings. The van der Waals surface area contributed by atoms with Crippen molar-refractivity contribution in [3.05, 3.63) is 58.5 Å². The van der Waals surface area contributed by atoms with Crippen LogP contribution in [0.4, 0.5) is 5.00 Å². The van der Waals surface area contributed by atoms with Gasteiger partial charge in [-0.05, 0) is 36.5 Å². The Balaban J connectivity index is 2.41. The molecular formula is C17H19NO2S. The van der Waals surface area contributed by atoms with Gasteiger partial charge in [0.05, 0.1) is 7.11 Å². The first-order chi connectivity index (χ1) is 10.1. The van der Waals surface area contributed by atoms with Crippen LogP contribution in [0.2, 0.25) is 0 Å². The molecule has 0 saturated heterocycles. The Kier molecular flexibility index (Phi) is 4.81. The summed E-state index contributed by atoms with van der Waals surface area (Å²) in [6.07, 6.45) is 9.75. The van der Waals surface area contributed by atoms with Gasteiger partial charge in [0.15, 0.2) is 0 Å². The number of carbonyl (C=O) groups excluding carboxylic acids is 1. The van der Waals surface area contributed by atoms with Gasteiger partial charge < -0.3 is 10.5 Å². The van der Waals surface area contributed by atoms with Crippen LogP contribution in [0.5, 0.6) is 0 Å². The third kappa shape index (κ3) is 3.16. The van der Waals surface area contributed by atoms with Gasteiger partial charge in [-0.25, -0.2) is 4.79 Å². The summed E-state index contributed by atoms with van der Waals surface area (Å²) in [5.41, 5.74) is 10.9. The topological polar surface area (TPSA) is 52.3 Å². The maximum atomic E-state index is 11.9. The molecule has 0 atom stereocenters. The molecule has 4 heteroatoms. The fourth-order valence-corrected chi connectivity index (χ4v) is 3.25. The van der Waals surface area contributed by atoms with E-state index in [1.165, 1.54) is 29.6 Å². The van der Waals surface area contributed by atoms with Crippen LogP contribution in [0.1, 0.15) is 35.7 Å². The van der Waals surface area contributed by atoms with E-state index < -0.39 is 0 Å². The van der Waals surface area contributed by atoms with Crippen molar-refractivity contribution in [2.75, 3.05) is 12.8 Å². The smallest absolute Gasteiger partial charge is 0.341 e. The number of allylic oxidation sites excluding steroid dienone is 7. The molecule has 0 unspecified atom stereocenters. The van der Waals surface area contributed by atoms with Crippen LogP contribution in [0, 0.1) is 0 Å². The average Bonchev–Trinajstić information content (AvgIpc) is 2.87. The highest BCUT2D eigenvalue weighted by Crippen LogP contribution is 2.37. The van der Waals surface area contributed by atoms with E-state index in [9.17, 15) is 4.79 Å². The zero-order valence-corrected chi connectivity index (χ0v) is 13.1. The third-order valence-electron chi connectivity index (χ3n) is 3.55. The number of methoxy groups -OCH3 is 1. The van der Waals surface area contributed by atoms with Gasteiger partial charge in [0.25, 0.3) is 0 Å². The summed E-state index contributed by atoms with van der Waals surface area (Å²) >= 11 is 1.38. The molecule has 0 spiro atoms. The lowest BCUT2D eigenvalue weighted by Gasteiger charge is -2.16. The maximum Gasteiger partial charge on any atom is 0.341 e. The minimum Gasteiger partial charge on any atom is -0.465 e. The van der Waals surface area contributed by atoms with Crippen molar-refractivity contribution < 1.29 is 9.53 Å². The second-order valence-electron chi connectivity index (χ2n) is 4.85. The molecule has 0 aromatic carbocycles. The number of anilines is 1. The molecule has 2 rings (SSSR count). The van der Waals surface area contributed by atoms with E-state index in [1.54, 1.807) is 6.08 Å². The van der Waals surface area contributed by atoms with Gasteiger partial charge in [0.2, 0.25) is 0 Å². The molecule has 2 N–H and O–H groups in total. The van der Waals surface area contributed by atoms with Crippen LogP contribution in [-0.4, -0.2) is 13.1 Å². The molecule has 1 aromatic heterocycles. The van der Waals surface area contributed by atoms with Crippen LogP contribution >= 0.6 is 11.3 Å². The number of carbonyl (C=O) groups is 1. The summed E-state index contributed by atoms with van der Waals surface area (Å²) in [4.78, 5) is 11.9. The Morgan fingerprint density at radius 1 is 1.48 bits per heavy atom. The standard InChI is InChI=1S/C17H19NO2S/c1-4-5-6-12-7-8-13(9-11(12)2)14-10-21-16(18)15(14)17(19)20-3/h4-6,9-10H,1,7-8,18H2,2-3H3/b6-5-. The molecule has 21 heavy (non-hydrogen) atoms. The van der Waals surface area contributed by atoms with Gasteiger partial charge in [-0.2, -0.15) is 0 Å². The Bertz CT molecular complexity index is 662. The van der Waals surface area contributed by atoms with Crippen molar-refractivity contribution in [1.29, 1.82) is 0 Å². The van der Waals surface area contributed by atoms with Crippen LogP contribution in [0.3, 0.4) is 0 Å². The number of nitrogens with two attached hydrogens (primary N) is 1. The van der Waals surface area contributed by atoms with E-state index in [-0.39, 0.29) is 5.97 Å². The minimum absolute atomic E-state index is 0.372. The molecule has 110 valence electrons. The summed E-state index contributed by atoms with van der Waals surface area (Å²) in [5.74, 6) is -0.372. The molecule has 3 nitrogen and oxygen atoms in total. The van der Waals surface area contributed by atoms with Crippen LogP contribution in [-0.2, 0) is 4.74 Å². The molecule has 0 amide bonds. The molecule has 1 aromatic rings. The highest BCUT2D eigenvalue weighted by Gasteiger charge is 2.22. The highest BCUT2D eigenvalue weighted by atomic mass is 32.1. The Morgan fingerprint density at radius 3 is 2.86 bits per heavy atom. The highest BCUT2D eigenvalue weighted by molar-refractivity contribution is 7.14. The average molecular weight is 301 g/mol. The summed E-state index contributed by atoms with van der Waals surface area (Å²) < 4.78 is 4.83. The zero-order valence-electron chi connectivity index (χ0n) is 12.3. The maximum absolute atomic E-state index is 11.9. The van der Waals surface area contributed by atoms with Gasteiger partial charge in [0, 0.05) is 10.9 Å². The number of esters is 1. The van der Waals surface area contributed by atoms with Gasteiger partial charge in [-0.3, -0.25) is 0 Å². The van der Waals surface area contributed by atoms with E-state index in [1.807, 2.05) is 11.5 Å². The summed E-state index contributed by atoms with van der Waals surface area (Å²) in [5, 5.41) is 2.45. The first-order valence-electron chi connectivity index (χ1n) is 6.73. The summed E-state index contributed by atoms with van der Waals surface area (Å²) in [6.45, 7) is 5.77. The van der Waals surface area contributed by atoms with Crippen molar-refractivity contribution in [2.24, 2.45) is 0 Å². The van der Waals surface area contributed by atoms with E-state index in [2.05, 4.69) is 25.7 Å². The Morgan fingerprint density at radius 2 is 2.24 bits per heavy atom. The molecule has 0 radical (unpaired) electrons. The second kappa shape index (κ2) is 6.59. The largest absolute Gasteiger partial charge is 0.465 e. The van der Waals surface area contributed by atoms with Crippen LogP contribution in [0.15, 0.2) is 47.4 Å². The quantitative estimate of drug-likeness (QED) is 0.664. The molecule has 0 aliphatic heterocycles. The lowest BCUT2D eigenvalue weighted by Crippen LogP contribution is -2.07. The van der Waals surface area contributed by atoms with Gasteiger partial charge in [-0.1, -0.05) is 30.9 Å².